The van der Waals surface area contributed by atoms with Crippen molar-refractivity contribution in [2.45, 2.75) is 0 Å². The zero-order chi connectivity index (χ0) is 14.3. The molecule has 0 bridgehead atoms. The third-order valence-electron chi connectivity index (χ3n) is 2.28. The summed E-state index contributed by atoms with van der Waals surface area (Å²) in [6.07, 6.45) is 0. The van der Waals surface area contributed by atoms with E-state index in [0.29, 0.717) is 0 Å². The van der Waals surface area contributed by atoms with Gasteiger partial charge in [-0.1, -0.05) is 6.07 Å². The number of hydrogen-bond acceptors (Lipinski definition) is 4. The molecule has 0 atom stereocenters. The number of nitrogens with one attached hydrogen (secondary N) is 2. The van der Waals surface area contributed by atoms with Gasteiger partial charge in [0.2, 0.25) is 5.91 Å². The van der Waals surface area contributed by atoms with Crippen LogP contribution in [0.25, 0.3) is 0 Å². The fraction of sp³-hybridized carbons (Fsp3) is 0.333. The van der Waals surface area contributed by atoms with Gasteiger partial charge in [0.05, 0.1) is 17.9 Å². The molecule has 104 valence electrons. The van der Waals surface area contributed by atoms with Crippen LogP contribution >= 0.6 is 0 Å². The van der Waals surface area contributed by atoms with E-state index in [-0.39, 0.29) is 31.0 Å². The van der Waals surface area contributed by atoms with Crippen molar-refractivity contribution in [3.63, 3.8) is 0 Å². The third kappa shape index (κ3) is 4.55. The number of hydrogen-bond donors (Lipinski definition) is 3. The zero-order valence-corrected chi connectivity index (χ0v) is 10.5. The van der Waals surface area contributed by atoms with Crippen LogP contribution in [0.5, 0.6) is 0 Å². The third-order valence-corrected chi connectivity index (χ3v) is 2.28. The molecule has 6 nitrogen and oxygen atoms in total. The number of carbonyl (C=O) groups excluding carboxylic acids is 2. The lowest BCUT2D eigenvalue weighted by molar-refractivity contribution is -0.122. The minimum absolute atomic E-state index is 0.137. The summed E-state index contributed by atoms with van der Waals surface area (Å²) in [5.41, 5.74) is 5.22. The predicted molar refractivity (Wildman–Crippen MR) is 68.3 cm³/mol. The van der Waals surface area contributed by atoms with Gasteiger partial charge in [0.25, 0.3) is 5.91 Å². The van der Waals surface area contributed by atoms with Gasteiger partial charge in [0.1, 0.15) is 12.4 Å². The highest BCUT2D eigenvalue weighted by atomic mass is 19.1. The Hall–Kier alpha value is -2.15. The molecule has 0 unspecified atom stereocenters. The summed E-state index contributed by atoms with van der Waals surface area (Å²) in [6, 6.07) is 4.22. The van der Waals surface area contributed by atoms with Crippen molar-refractivity contribution in [3.8, 4) is 0 Å². The Kier molecular flexibility index (Phi) is 5.74. The van der Waals surface area contributed by atoms with E-state index < -0.39 is 17.6 Å². The van der Waals surface area contributed by atoms with E-state index in [4.69, 9.17) is 10.5 Å². The lowest BCUT2D eigenvalue weighted by Crippen LogP contribution is -2.29. The number of carbonyl (C=O) groups is 2. The van der Waals surface area contributed by atoms with E-state index in [9.17, 15) is 14.0 Å². The molecule has 0 saturated heterocycles. The molecular formula is C12H16FN3O3. The number of primary amides is 1. The number of rotatable bonds is 7. The van der Waals surface area contributed by atoms with Crippen molar-refractivity contribution < 1.29 is 18.7 Å². The summed E-state index contributed by atoms with van der Waals surface area (Å²) in [7, 11) is 1.53. The minimum Gasteiger partial charge on any atom is -0.385 e. The molecule has 0 radical (unpaired) electrons. The van der Waals surface area contributed by atoms with Gasteiger partial charge in [0, 0.05) is 13.6 Å². The molecule has 0 heterocycles. The standard InChI is InChI=1S/C12H16FN3O3/c1-15-11-8(3-2-4-9(11)13)12(18)16-5-6-19-7-10(14)17/h2-4,15H,5-7H2,1H3,(H2,14,17)(H,16,18). The Morgan fingerprint density at radius 1 is 1.42 bits per heavy atom. The average molecular weight is 269 g/mol. The van der Waals surface area contributed by atoms with Crippen LogP contribution in [-0.4, -0.2) is 38.6 Å². The Labute approximate surface area is 110 Å². The highest BCUT2D eigenvalue weighted by Crippen LogP contribution is 2.18. The number of anilines is 1. The largest absolute Gasteiger partial charge is 0.385 e. The molecule has 2 amide bonds. The van der Waals surface area contributed by atoms with Crippen LogP contribution in [0.1, 0.15) is 10.4 Å². The lowest BCUT2D eigenvalue weighted by Gasteiger charge is -2.10. The fourth-order valence-electron chi connectivity index (χ4n) is 1.47. The van der Waals surface area contributed by atoms with Gasteiger partial charge in [-0.05, 0) is 12.1 Å². The summed E-state index contributed by atoms with van der Waals surface area (Å²) in [5.74, 6) is -1.50. The summed E-state index contributed by atoms with van der Waals surface area (Å²) >= 11 is 0. The second kappa shape index (κ2) is 7.32. The first-order valence-corrected chi connectivity index (χ1v) is 5.66. The first-order valence-electron chi connectivity index (χ1n) is 5.66. The maximum Gasteiger partial charge on any atom is 0.253 e. The smallest absolute Gasteiger partial charge is 0.253 e. The van der Waals surface area contributed by atoms with Gasteiger partial charge in [-0.2, -0.15) is 0 Å². The normalized spacial score (nSPS) is 10.0. The van der Waals surface area contributed by atoms with E-state index in [1.165, 1.54) is 25.2 Å². The Morgan fingerprint density at radius 3 is 2.79 bits per heavy atom. The predicted octanol–water partition coefficient (Wildman–Crippen LogP) is 0.0991. The van der Waals surface area contributed by atoms with Crippen molar-refractivity contribution in [2.24, 2.45) is 5.73 Å². The topological polar surface area (TPSA) is 93.4 Å². The maximum atomic E-state index is 13.4. The van der Waals surface area contributed by atoms with Gasteiger partial charge in [-0.25, -0.2) is 4.39 Å². The van der Waals surface area contributed by atoms with Crippen molar-refractivity contribution >= 4 is 17.5 Å². The maximum absolute atomic E-state index is 13.4. The molecule has 7 heteroatoms. The van der Waals surface area contributed by atoms with Crippen LogP contribution < -0.4 is 16.4 Å². The molecule has 0 saturated carbocycles. The second-order valence-corrected chi connectivity index (χ2v) is 3.69. The molecule has 0 aliphatic carbocycles. The summed E-state index contributed by atoms with van der Waals surface area (Å²) < 4.78 is 18.3. The number of para-hydroxylation sites is 1. The number of nitrogens with two attached hydrogens (primary N) is 1. The summed E-state index contributed by atoms with van der Waals surface area (Å²) in [5, 5.41) is 5.18. The molecule has 1 aromatic rings. The number of benzene rings is 1. The van der Waals surface area contributed by atoms with Gasteiger partial charge in [-0.15, -0.1) is 0 Å². The van der Waals surface area contributed by atoms with Gasteiger partial charge < -0.3 is 21.1 Å². The van der Waals surface area contributed by atoms with E-state index >= 15 is 0 Å². The molecule has 1 aromatic carbocycles. The first-order chi connectivity index (χ1) is 9.06. The number of ether oxygens (including phenoxy) is 1. The Morgan fingerprint density at radius 2 is 2.16 bits per heavy atom. The molecule has 0 aromatic heterocycles. The molecule has 0 aliphatic heterocycles. The number of amides is 2. The van der Waals surface area contributed by atoms with Crippen molar-refractivity contribution in [1.82, 2.24) is 5.32 Å². The molecule has 1 rings (SSSR count). The van der Waals surface area contributed by atoms with Crippen LogP contribution in [0.15, 0.2) is 18.2 Å². The highest BCUT2D eigenvalue weighted by Gasteiger charge is 2.13. The molecule has 0 spiro atoms. The van der Waals surface area contributed by atoms with E-state index in [1.54, 1.807) is 0 Å². The summed E-state index contributed by atoms with van der Waals surface area (Å²) in [4.78, 5) is 22.2. The molecule has 0 aliphatic rings. The zero-order valence-electron chi connectivity index (χ0n) is 10.5. The molecule has 0 fully saturated rings. The van der Waals surface area contributed by atoms with Crippen LogP contribution in [0, 0.1) is 5.82 Å². The van der Waals surface area contributed by atoms with Crippen LogP contribution in [-0.2, 0) is 9.53 Å². The lowest BCUT2D eigenvalue weighted by atomic mass is 10.1. The van der Waals surface area contributed by atoms with E-state index in [0.717, 1.165) is 0 Å². The van der Waals surface area contributed by atoms with Crippen molar-refractivity contribution in [1.29, 1.82) is 0 Å². The molecule has 4 N–H and O–H groups in total. The first kappa shape index (κ1) is 14.9. The van der Waals surface area contributed by atoms with E-state index in [1.807, 2.05) is 0 Å². The van der Waals surface area contributed by atoms with Crippen LogP contribution in [0.4, 0.5) is 10.1 Å². The Balaban J connectivity index is 2.50. The van der Waals surface area contributed by atoms with Crippen LogP contribution in [0.3, 0.4) is 0 Å². The second-order valence-electron chi connectivity index (χ2n) is 3.69. The highest BCUT2D eigenvalue weighted by molar-refractivity contribution is 5.99. The SMILES string of the molecule is CNc1c(F)cccc1C(=O)NCCOCC(N)=O. The molecule has 19 heavy (non-hydrogen) atoms. The monoisotopic (exact) mass is 269 g/mol. The van der Waals surface area contributed by atoms with Crippen LogP contribution in [0.2, 0.25) is 0 Å². The van der Waals surface area contributed by atoms with Gasteiger partial charge in [0.15, 0.2) is 0 Å². The van der Waals surface area contributed by atoms with Gasteiger partial charge >= 0.3 is 0 Å². The molecular weight excluding hydrogens is 253 g/mol. The Bertz CT molecular complexity index is 466. The van der Waals surface area contributed by atoms with Crippen molar-refractivity contribution in [3.05, 3.63) is 29.6 Å². The quantitative estimate of drug-likeness (QED) is 0.612. The fourth-order valence-corrected chi connectivity index (χ4v) is 1.47. The summed E-state index contributed by atoms with van der Waals surface area (Å²) in [6.45, 7) is 0.155. The van der Waals surface area contributed by atoms with Crippen molar-refractivity contribution in [2.75, 3.05) is 32.1 Å². The number of halogens is 1. The van der Waals surface area contributed by atoms with Gasteiger partial charge in [-0.3, -0.25) is 9.59 Å². The minimum atomic E-state index is -0.575. The average Bonchev–Trinajstić information content (AvgIpc) is 2.37. The van der Waals surface area contributed by atoms with E-state index in [2.05, 4.69) is 10.6 Å².